The molecule has 2 rings (SSSR count). The Kier molecular flexibility index (Phi) is 11.8. The van der Waals surface area contributed by atoms with Crippen LogP contribution >= 0.6 is 19.2 Å². The van der Waals surface area contributed by atoms with Gasteiger partial charge in [-0.15, -0.1) is 0 Å². The molecule has 4 atom stereocenters. The van der Waals surface area contributed by atoms with Crippen LogP contribution in [0.4, 0.5) is 4.39 Å². The third-order valence-corrected chi connectivity index (χ3v) is 13.5. The fourth-order valence-corrected chi connectivity index (χ4v) is 6.88. The second kappa shape index (κ2) is 13.5. The summed E-state index contributed by atoms with van der Waals surface area (Å²) in [5, 5.41) is -0.258. The van der Waals surface area contributed by atoms with Crippen LogP contribution in [0.3, 0.4) is 0 Å². The Labute approximate surface area is 223 Å². The van der Waals surface area contributed by atoms with Crippen LogP contribution in [0.5, 0.6) is 0 Å². The highest BCUT2D eigenvalue weighted by Gasteiger charge is 2.41. The molecule has 10 nitrogen and oxygen atoms in total. The van der Waals surface area contributed by atoms with Gasteiger partial charge in [0.05, 0.1) is 38.7 Å². The average Bonchev–Trinajstić information content (AvgIpc) is 3.14. The minimum Gasteiger partial charge on any atom is -0.412 e. The number of nitrogens with zero attached hydrogens (tertiary/aromatic N) is 1. The van der Waals surface area contributed by atoms with Crippen molar-refractivity contribution in [3.8, 4) is 0 Å². The summed E-state index contributed by atoms with van der Waals surface area (Å²) in [6, 6.07) is 0. The van der Waals surface area contributed by atoms with Crippen LogP contribution in [0.25, 0.3) is 0 Å². The van der Waals surface area contributed by atoms with Gasteiger partial charge in [-0.25, -0.2) is 9.18 Å². The summed E-state index contributed by atoms with van der Waals surface area (Å²) in [5.41, 5.74) is -1.45. The van der Waals surface area contributed by atoms with E-state index in [1.165, 1.54) is 0 Å². The highest BCUT2D eigenvalue weighted by Crippen LogP contribution is 2.49. The van der Waals surface area contributed by atoms with Crippen molar-refractivity contribution in [2.75, 3.05) is 32.6 Å². The van der Waals surface area contributed by atoms with Crippen LogP contribution < -0.4 is 11.2 Å². The Morgan fingerprint density at radius 1 is 1.27 bits per heavy atom. The zero-order chi connectivity index (χ0) is 28.0. The monoisotopic (exact) mass is 586 g/mol. The molecular weight excluding hydrogens is 546 g/mol. The van der Waals surface area contributed by atoms with Crippen LogP contribution in [0.15, 0.2) is 15.8 Å². The zero-order valence-electron chi connectivity index (χ0n) is 22.8. The maximum absolute atomic E-state index is 14.7. The molecule has 0 saturated carbocycles. The Balaban J connectivity index is 2.05. The quantitative estimate of drug-likeness (QED) is 0.242. The number of rotatable bonds is 14. The number of aromatic nitrogens is 2. The fourth-order valence-electron chi connectivity index (χ4n) is 3.63. The van der Waals surface area contributed by atoms with Crippen molar-refractivity contribution in [3.63, 3.8) is 0 Å². The number of H-pyrrole nitrogens is 1. The van der Waals surface area contributed by atoms with Crippen molar-refractivity contribution in [1.29, 1.82) is 0 Å². The lowest BCUT2D eigenvalue weighted by Crippen LogP contribution is -2.45. The van der Waals surface area contributed by atoms with Gasteiger partial charge in [0.1, 0.15) is 23.5 Å². The maximum Gasteiger partial charge on any atom is 0.330 e. The summed E-state index contributed by atoms with van der Waals surface area (Å²) in [5.74, 6) is 0. The van der Waals surface area contributed by atoms with Gasteiger partial charge in [-0.3, -0.25) is 18.9 Å². The first-order chi connectivity index (χ1) is 17.1. The lowest BCUT2D eigenvalue weighted by molar-refractivity contribution is -0.0654. The molecule has 0 aliphatic carbocycles. The number of ether oxygens (including phenoxy) is 2. The van der Waals surface area contributed by atoms with Gasteiger partial charge in [-0.2, -0.15) is 0 Å². The third-order valence-electron chi connectivity index (χ3n) is 6.63. The Bertz CT molecular complexity index is 1040. The number of nitrogens with one attached hydrogen (secondary N) is 1. The molecule has 1 fully saturated rings. The molecule has 1 aromatic heterocycles. The largest absolute Gasteiger partial charge is 0.412 e. The van der Waals surface area contributed by atoms with E-state index in [-0.39, 0.29) is 49.1 Å². The van der Waals surface area contributed by atoms with Crippen molar-refractivity contribution >= 4 is 27.5 Å². The predicted octanol–water partition coefficient (Wildman–Crippen LogP) is 4.88. The second-order valence-electron chi connectivity index (χ2n) is 10.5. The van der Waals surface area contributed by atoms with Crippen LogP contribution in [-0.2, 0) is 27.5 Å². The van der Waals surface area contributed by atoms with Gasteiger partial charge < -0.3 is 22.9 Å². The number of aromatic amines is 1. The minimum absolute atomic E-state index is 0.0637. The average molecular weight is 587 g/mol. The molecule has 1 unspecified atom stereocenters. The van der Waals surface area contributed by atoms with E-state index in [4.69, 9.17) is 34.5 Å². The first kappa shape index (κ1) is 32.4. The first-order valence-electron chi connectivity index (χ1n) is 12.6. The standard InChI is InChI=1S/C23H41ClFN2O8PSi/c1-8-32-36(30,33-9-2)11-10-16(35-37(6,7)23(3,4)5)14-31-15-19-18(25)12-20(34-19)27-13-17(24)21(28)26-22(27)29/h13,16,18-20H,8-12,14-15H2,1-7H3,(H,26,28,29)/t16?,18-,19+,20+/m0/s1. The lowest BCUT2D eigenvalue weighted by Gasteiger charge is -2.39. The lowest BCUT2D eigenvalue weighted by atomic mass is 10.2. The molecule has 0 aromatic carbocycles. The molecule has 0 amide bonds. The van der Waals surface area contributed by atoms with Crippen LogP contribution in [0.2, 0.25) is 23.2 Å². The third kappa shape index (κ3) is 9.10. The number of hydrogen-bond donors (Lipinski definition) is 1. The van der Waals surface area contributed by atoms with Crippen molar-refractivity contribution in [2.45, 2.75) is 90.2 Å². The highest BCUT2D eigenvalue weighted by molar-refractivity contribution is 7.53. The Morgan fingerprint density at radius 2 is 1.89 bits per heavy atom. The van der Waals surface area contributed by atoms with Gasteiger partial charge in [0, 0.05) is 12.6 Å². The van der Waals surface area contributed by atoms with Crippen LogP contribution in [0.1, 0.15) is 53.7 Å². The van der Waals surface area contributed by atoms with E-state index in [1.54, 1.807) is 13.8 Å². The SMILES string of the molecule is CCOP(=O)(CCC(COC[C@H]1O[C@@H](n2cc(Cl)c(=O)[nH]c2=O)C[C@@H]1F)O[Si](C)(C)C(C)(C)C)OCC. The van der Waals surface area contributed by atoms with E-state index in [1.807, 2.05) is 0 Å². The molecule has 1 aromatic rings. The van der Waals surface area contributed by atoms with Crippen LogP contribution in [-0.4, -0.2) is 68.8 Å². The number of alkyl halides is 1. The number of hydrogen-bond acceptors (Lipinski definition) is 8. The summed E-state index contributed by atoms with van der Waals surface area (Å²) < 4.78 is 57.7. The predicted molar refractivity (Wildman–Crippen MR) is 143 cm³/mol. The molecule has 214 valence electrons. The molecular formula is C23H41ClFN2O8PSi. The van der Waals surface area contributed by atoms with Crippen molar-refractivity contribution < 1.29 is 31.9 Å². The fraction of sp³-hybridized carbons (Fsp3) is 0.826. The molecule has 14 heteroatoms. The molecule has 37 heavy (non-hydrogen) atoms. The normalized spacial score (nSPS) is 21.9. The van der Waals surface area contributed by atoms with E-state index in [0.29, 0.717) is 6.42 Å². The van der Waals surface area contributed by atoms with Crippen molar-refractivity contribution in [1.82, 2.24) is 9.55 Å². The molecule has 0 spiro atoms. The molecule has 1 N–H and O–H groups in total. The molecule has 0 radical (unpaired) electrons. The van der Waals surface area contributed by atoms with Crippen molar-refractivity contribution in [3.05, 3.63) is 32.1 Å². The summed E-state index contributed by atoms with van der Waals surface area (Å²) in [6.07, 6.45) is -2.05. The Hall–Kier alpha value is -0.853. The summed E-state index contributed by atoms with van der Waals surface area (Å²) in [6.45, 7) is 14.7. The van der Waals surface area contributed by atoms with E-state index in [9.17, 15) is 18.5 Å². The van der Waals surface area contributed by atoms with Crippen LogP contribution in [0, 0.1) is 0 Å². The molecule has 1 saturated heterocycles. The number of halogens is 2. The van der Waals surface area contributed by atoms with Gasteiger partial charge in [0.15, 0.2) is 8.32 Å². The van der Waals surface area contributed by atoms with Gasteiger partial charge >= 0.3 is 13.3 Å². The first-order valence-corrected chi connectivity index (χ1v) is 17.6. The summed E-state index contributed by atoms with van der Waals surface area (Å²) in [4.78, 5) is 25.7. The highest BCUT2D eigenvalue weighted by atomic mass is 35.5. The van der Waals surface area contributed by atoms with Crippen molar-refractivity contribution in [2.24, 2.45) is 0 Å². The Morgan fingerprint density at radius 3 is 2.46 bits per heavy atom. The van der Waals surface area contributed by atoms with Gasteiger partial charge in [-0.1, -0.05) is 32.4 Å². The minimum atomic E-state index is -3.27. The molecule has 1 aliphatic heterocycles. The maximum atomic E-state index is 14.7. The van der Waals surface area contributed by atoms with E-state index < -0.39 is 51.8 Å². The smallest absolute Gasteiger partial charge is 0.330 e. The topological polar surface area (TPSA) is 118 Å². The molecule has 2 heterocycles. The van der Waals surface area contributed by atoms with E-state index in [2.05, 4.69) is 38.8 Å². The molecule has 0 bridgehead atoms. The van der Waals surface area contributed by atoms with Gasteiger partial charge in [0.2, 0.25) is 0 Å². The summed E-state index contributed by atoms with van der Waals surface area (Å²) in [7, 11) is -5.47. The van der Waals surface area contributed by atoms with E-state index in [0.717, 1.165) is 10.8 Å². The zero-order valence-corrected chi connectivity index (χ0v) is 25.4. The van der Waals surface area contributed by atoms with E-state index >= 15 is 0 Å². The van der Waals surface area contributed by atoms with Gasteiger partial charge in [0.25, 0.3) is 5.56 Å². The molecule has 1 aliphatic rings. The second-order valence-corrected chi connectivity index (χ2v) is 17.9. The summed E-state index contributed by atoms with van der Waals surface area (Å²) >= 11 is 5.82. The van der Waals surface area contributed by atoms with Gasteiger partial charge in [-0.05, 0) is 38.4 Å².